The van der Waals surface area contributed by atoms with Crippen LogP contribution in [-0.4, -0.2) is 47.6 Å². The van der Waals surface area contributed by atoms with Crippen LogP contribution in [0.2, 0.25) is 0 Å². The lowest BCUT2D eigenvalue weighted by molar-refractivity contribution is -0.195. The highest BCUT2D eigenvalue weighted by atomic mass is 16.6. The first-order valence-corrected chi connectivity index (χ1v) is 13.9. The van der Waals surface area contributed by atoms with E-state index in [0.717, 1.165) is 5.56 Å². The zero-order chi connectivity index (χ0) is 30.5. The van der Waals surface area contributed by atoms with E-state index < -0.39 is 41.3 Å². The smallest absolute Gasteiger partial charge is 0.351 e. The van der Waals surface area contributed by atoms with Crippen LogP contribution in [0.3, 0.4) is 0 Å². The van der Waals surface area contributed by atoms with Crippen molar-refractivity contribution in [2.75, 3.05) is 7.05 Å². The van der Waals surface area contributed by atoms with E-state index in [0.29, 0.717) is 11.1 Å². The molecule has 0 fully saturated rings. The normalized spacial score (nSPS) is 12.6. The van der Waals surface area contributed by atoms with E-state index in [1.165, 1.54) is 7.05 Å². The van der Waals surface area contributed by atoms with E-state index in [1.807, 2.05) is 30.3 Å². The maximum absolute atomic E-state index is 13.8. The van der Waals surface area contributed by atoms with E-state index in [2.05, 4.69) is 10.6 Å². The molecule has 0 aliphatic carbocycles. The second-order valence-corrected chi connectivity index (χ2v) is 10.4. The van der Waals surface area contributed by atoms with E-state index >= 15 is 0 Å². The molecule has 0 heterocycles. The van der Waals surface area contributed by atoms with Crippen molar-refractivity contribution >= 4 is 23.8 Å². The highest BCUT2D eigenvalue weighted by molar-refractivity contribution is 6.08. The number of hydrogen-bond donors (Lipinski definition) is 3. The molecule has 3 N–H and O–H groups in total. The van der Waals surface area contributed by atoms with E-state index in [1.54, 1.807) is 74.5 Å². The van der Waals surface area contributed by atoms with E-state index in [9.17, 15) is 24.3 Å². The monoisotopic (exact) mass is 574 g/mol. The zero-order valence-corrected chi connectivity index (χ0v) is 24.1. The van der Waals surface area contributed by atoms with Gasteiger partial charge in [0.15, 0.2) is 0 Å². The van der Waals surface area contributed by atoms with Crippen LogP contribution < -0.4 is 10.6 Å². The van der Waals surface area contributed by atoms with Gasteiger partial charge in [0.25, 0.3) is 5.60 Å². The van der Waals surface area contributed by atoms with Crippen LogP contribution in [0.1, 0.15) is 37.0 Å². The van der Waals surface area contributed by atoms with E-state index in [4.69, 9.17) is 9.47 Å². The first-order chi connectivity index (χ1) is 20.1. The third-order valence-electron chi connectivity index (χ3n) is 6.74. The van der Waals surface area contributed by atoms with Crippen LogP contribution in [-0.2, 0) is 48.3 Å². The van der Waals surface area contributed by atoms with Crippen LogP contribution in [0.4, 0.5) is 0 Å². The topological polar surface area (TPSA) is 131 Å². The third kappa shape index (κ3) is 8.75. The zero-order valence-electron chi connectivity index (χ0n) is 24.1. The van der Waals surface area contributed by atoms with Crippen molar-refractivity contribution in [1.82, 2.24) is 10.6 Å². The molecule has 0 radical (unpaired) electrons. The number of amides is 2. The number of carbonyl (C=O) groups excluding carboxylic acids is 4. The summed E-state index contributed by atoms with van der Waals surface area (Å²) in [6, 6.07) is 25.5. The number of aliphatic hydroxyl groups is 1. The minimum Gasteiger partial charge on any atom is -0.458 e. The van der Waals surface area contributed by atoms with Crippen molar-refractivity contribution in [2.24, 2.45) is 11.8 Å². The fraction of sp³-hybridized carbons (Fsp3) is 0.333. The van der Waals surface area contributed by atoms with Crippen LogP contribution in [0.25, 0.3) is 0 Å². The van der Waals surface area contributed by atoms with Crippen molar-refractivity contribution in [3.8, 4) is 0 Å². The molecule has 3 rings (SSSR count). The average Bonchev–Trinajstić information content (AvgIpc) is 3.01. The molecule has 0 unspecified atom stereocenters. The third-order valence-corrected chi connectivity index (χ3v) is 6.74. The second kappa shape index (κ2) is 15.5. The van der Waals surface area contributed by atoms with Gasteiger partial charge < -0.3 is 25.2 Å². The Hall–Kier alpha value is -4.50. The molecule has 0 aliphatic rings. The van der Waals surface area contributed by atoms with Crippen molar-refractivity contribution in [3.63, 3.8) is 0 Å². The largest absolute Gasteiger partial charge is 0.458 e. The molecule has 0 saturated carbocycles. The minimum atomic E-state index is -2.99. The molecule has 42 heavy (non-hydrogen) atoms. The van der Waals surface area contributed by atoms with Gasteiger partial charge in [0, 0.05) is 13.5 Å². The SMILES string of the molecule is CNC(=O)[C@H](Cc1ccccc1)NC(=O)[C@H](CC(C)C)C(O)(C(=O)OCc1ccccc1)C(=O)OCc1ccccc1. The number of nitrogens with one attached hydrogen (secondary N) is 2. The molecule has 9 nitrogen and oxygen atoms in total. The summed E-state index contributed by atoms with van der Waals surface area (Å²) < 4.78 is 10.8. The summed E-state index contributed by atoms with van der Waals surface area (Å²) in [5.74, 6) is -5.81. The van der Waals surface area contributed by atoms with Gasteiger partial charge in [0.1, 0.15) is 19.3 Å². The Kier molecular flexibility index (Phi) is 11.8. The van der Waals surface area contributed by atoms with Gasteiger partial charge in [0.2, 0.25) is 11.8 Å². The highest BCUT2D eigenvalue weighted by Gasteiger charge is 2.57. The molecule has 0 aliphatic heterocycles. The molecule has 3 aromatic carbocycles. The predicted molar refractivity (Wildman–Crippen MR) is 157 cm³/mol. The number of ether oxygens (including phenoxy) is 2. The van der Waals surface area contributed by atoms with Crippen LogP contribution in [0, 0.1) is 11.8 Å². The Morgan fingerprint density at radius 3 is 1.55 bits per heavy atom. The maximum Gasteiger partial charge on any atom is 0.351 e. The number of likely N-dealkylation sites (N-methyl/N-ethyl adjacent to an activating group) is 1. The summed E-state index contributed by atoms with van der Waals surface area (Å²) in [7, 11) is 1.44. The van der Waals surface area contributed by atoms with Gasteiger partial charge in [-0.2, -0.15) is 0 Å². The lowest BCUT2D eigenvalue weighted by Gasteiger charge is -2.33. The summed E-state index contributed by atoms with van der Waals surface area (Å²) >= 11 is 0. The van der Waals surface area contributed by atoms with Crippen molar-refractivity contribution in [2.45, 2.75) is 51.5 Å². The van der Waals surface area contributed by atoms with Crippen LogP contribution >= 0.6 is 0 Å². The number of carbonyl (C=O) groups is 4. The summed E-state index contributed by atoms with van der Waals surface area (Å²) in [5.41, 5.74) is -0.958. The minimum absolute atomic E-state index is 0.0744. The molecule has 222 valence electrons. The first kappa shape index (κ1) is 32.0. The van der Waals surface area contributed by atoms with Crippen molar-refractivity contribution < 1.29 is 33.8 Å². The quantitative estimate of drug-likeness (QED) is 0.199. The van der Waals surface area contributed by atoms with Gasteiger partial charge in [0.05, 0.1) is 5.92 Å². The van der Waals surface area contributed by atoms with Crippen LogP contribution in [0.5, 0.6) is 0 Å². The fourth-order valence-electron chi connectivity index (χ4n) is 4.48. The molecule has 2 amide bonds. The molecule has 0 spiro atoms. The first-order valence-electron chi connectivity index (χ1n) is 13.9. The Bertz CT molecular complexity index is 1260. The van der Waals surface area contributed by atoms with Gasteiger partial charge >= 0.3 is 11.9 Å². The van der Waals surface area contributed by atoms with Gasteiger partial charge in [-0.05, 0) is 29.0 Å². The lowest BCUT2D eigenvalue weighted by atomic mass is 9.80. The standard InChI is InChI=1S/C33H38N2O7/c1-23(2)19-27(29(36)35-28(30(37)34-3)20-24-13-7-4-8-14-24)33(40,31(38)41-21-25-15-9-5-10-16-25)32(39)42-22-26-17-11-6-12-18-26/h4-18,23,27-28,40H,19-22H2,1-3H3,(H,34,37)(H,35,36)/t27-,28-/m0/s1. The molecule has 9 heteroatoms. The number of hydrogen-bond acceptors (Lipinski definition) is 7. The molecular formula is C33H38N2O7. The molecule has 0 saturated heterocycles. The summed E-state index contributed by atoms with van der Waals surface area (Å²) in [6.07, 6.45) is 0.0744. The van der Waals surface area contributed by atoms with Gasteiger partial charge in [-0.1, -0.05) is 105 Å². The van der Waals surface area contributed by atoms with Gasteiger partial charge in [-0.3, -0.25) is 9.59 Å². The Labute approximate surface area is 246 Å². The molecule has 0 bridgehead atoms. The summed E-state index contributed by atoms with van der Waals surface area (Å²) in [4.78, 5) is 53.7. The second-order valence-electron chi connectivity index (χ2n) is 10.4. The van der Waals surface area contributed by atoms with E-state index in [-0.39, 0.29) is 32.0 Å². The Morgan fingerprint density at radius 2 is 1.14 bits per heavy atom. The van der Waals surface area contributed by atoms with Gasteiger partial charge in [-0.15, -0.1) is 0 Å². The Morgan fingerprint density at radius 1 is 0.714 bits per heavy atom. The summed E-state index contributed by atoms with van der Waals surface area (Å²) in [5, 5.41) is 17.1. The highest BCUT2D eigenvalue weighted by Crippen LogP contribution is 2.30. The average molecular weight is 575 g/mol. The fourth-order valence-corrected chi connectivity index (χ4v) is 4.48. The predicted octanol–water partition coefficient (Wildman–Crippen LogP) is 3.34. The molecule has 0 aromatic heterocycles. The number of benzene rings is 3. The van der Waals surface area contributed by atoms with Crippen LogP contribution in [0.15, 0.2) is 91.0 Å². The maximum atomic E-state index is 13.8. The summed E-state index contributed by atoms with van der Waals surface area (Å²) in [6.45, 7) is 3.09. The van der Waals surface area contributed by atoms with Crippen molar-refractivity contribution in [3.05, 3.63) is 108 Å². The lowest BCUT2D eigenvalue weighted by Crippen LogP contribution is -2.61. The molecule has 3 aromatic rings. The molecule has 2 atom stereocenters. The number of esters is 2. The van der Waals surface area contributed by atoms with Gasteiger partial charge in [-0.25, -0.2) is 9.59 Å². The molecular weight excluding hydrogens is 536 g/mol. The van der Waals surface area contributed by atoms with Crippen molar-refractivity contribution in [1.29, 1.82) is 0 Å². The Balaban J connectivity index is 1.94. The number of rotatable bonds is 14.